The van der Waals surface area contributed by atoms with Gasteiger partial charge in [0, 0.05) is 43.1 Å². The van der Waals surface area contributed by atoms with Crippen LogP contribution in [-0.4, -0.2) is 60.0 Å². The third-order valence-corrected chi connectivity index (χ3v) is 4.85. The van der Waals surface area contributed by atoms with Crippen molar-refractivity contribution >= 4 is 23.2 Å². The van der Waals surface area contributed by atoms with Gasteiger partial charge in [0.25, 0.3) is 5.91 Å². The smallest absolute Gasteiger partial charge is 0.267 e. The van der Waals surface area contributed by atoms with Crippen molar-refractivity contribution in [1.82, 2.24) is 20.2 Å². The summed E-state index contributed by atoms with van der Waals surface area (Å²) in [6.45, 7) is 6.59. The first-order chi connectivity index (χ1) is 13.1. The highest BCUT2D eigenvalue weighted by atomic mass is 35.5. The maximum atomic E-state index is 11.1. The molecule has 1 aliphatic heterocycles. The van der Waals surface area contributed by atoms with Crippen LogP contribution in [0.25, 0.3) is 0 Å². The van der Waals surface area contributed by atoms with Gasteiger partial charge in [0.1, 0.15) is 11.5 Å². The van der Waals surface area contributed by atoms with Gasteiger partial charge in [0.05, 0.1) is 6.54 Å². The number of nitrogens with one attached hydrogen (secondary N) is 1. The number of benzene rings is 1. The van der Waals surface area contributed by atoms with Gasteiger partial charge < -0.3 is 16.0 Å². The Balaban J connectivity index is 1.33. The fourth-order valence-corrected chi connectivity index (χ4v) is 3.34. The highest BCUT2D eigenvalue weighted by Crippen LogP contribution is 2.20. The molecule has 3 N–H and O–H groups in total. The van der Waals surface area contributed by atoms with E-state index in [0.29, 0.717) is 12.4 Å². The molecule has 1 aromatic carbocycles. The van der Waals surface area contributed by atoms with Crippen LogP contribution in [0.3, 0.4) is 0 Å². The Morgan fingerprint density at radius 1 is 1.22 bits per heavy atom. The second-order valence-electron chi connectivity index (χ2n) is 6.56. The summed E-state index contributed by atoms with van der Waals surface area (Å²) in [5.41, 5.74) is 6.68. The van der Waals surface area contributed by atoms with Crippen LogP contribution < -0.4 is 16.0 Å². The second kappa shape index (κ2) is 9.64. The predicted molar refractivity (Wildman–Crippen MR) is 107 cm³/mol. The standard InChI is InChI=1S/C19H25ClN6O/c20-15-3-1-4-16(13-15)26-11-9-25(10-12-26)8-2-6-22-14-18-23-7-5-17(24-18)19(21)27/h1,3-5,7,13,22H,2,6,8-12,14H2,(H2,21,27). The summed E-state index contributed by atoms with van der Waals surface area (Å²) in [6, 6.07) is 9.56. The fraction of sp³-hybridized carbons (Fsp3) is 0.421. The Hall–Kier alpha value is -2.22. The highest BCUT2D eigenvalue weighted by Gasteiger charge is 2.16. The van der Waals surface area contributed by atoms with Gasteiger partial charge in [-0.15, -0.1) is 0 Å². The molecule has 0 spiro atoms. The van der Waals surface area contributed by atoms with E-state index < -0.39 is 5.91 Å². The second-order valence-corrected chi connectivity index (χ2v) is 7.00. The molecule has 2 heterocycles. The number of nitrogens with two attached hydrogens (primary N) is 1. The molecule has 0 saturated carbocycles. The van der Waals surface area contributed by atoms with Crippen molar-refractivity contribution in [2.24, 2.45) is 5.73 Å². The van der Waals surface area contributed by atoms with E-state index >= 15 is 0 Å². The van der Waals surface area contributed by atoms with Crippen LogP contribution in [0, 0.1) is 0 Å². The minimum atomic E-state index is -0.532. The van der Waals surface area contributed by atoms with E-state index in [1.807, 2.05) is 18.2 Å². The lowest BCUT2D eigenvalue weighted by molar-refractivity contribution is 0.0995. The van der Waals surface area contributed by atoms with Crippen molar-refractivity contribution in [3.05, 3.63) is 53.1 Å². The average Bonchev–Trinajstić information content (AvgIpc) is 2.68. The molecule has 0 unspecified atom stereocenters. The van der Waals surface area contributed by atoms with Crippen molar-refractivity contribution in [1.29, 1.82) is 0 Å². The van der Waals surface area contributed by atoms with E-state index in [0.717, 1.165) is 50.7 Å². The van der Waals surface area contributed by atoms with Gasteiger partial charge in [-0.2, -0.15) is 0 Å². The normalized spacial score (nSPS) is 15.1. The molecule has 0 atom stereocenters. The average molecular weight is 389 g/mol. The van der Waals surface area contributed by atoms with E-state index in [4.69, 9.17) is 17.3 Å². The van der Waals surface area contributed by atoms with E-state index in [1.54, 1.807) is 6.20 Å². The number of carbonyl (C=O) groups excluding carboxylic acids is 1. The monoisotopic (exact) mass is 388 g/mol. The quantitative estimate of drug-likeness (QED) is 0.667. The van der Waals surface area contributed by atoms with Gasteiger partial charge in [-0.3, -0.25) is 9.69 Å². The van der Waals surface area contributed by atoms with Gasteiger partial charge in [-0.05, 0) is 43.8 Å². The van der Waals surface area contributed by atoms with Crippen LogP contribution >= 0.6 is 11.6 Å². The summed E-state index contributed by atoms with van der Waals surface area (Å²) in [7, 11) is 0. The molecule has 3 rings (SSSR count). The van der Waals surface area contributed by atoms with Gasteiger partial charge >= 0.3 is 0 Å². The maximum Gasteiger partial charge on any atom is 0.267 e. The molecule has 0 radical (unpaired) electrons. The summed E-state index contributed by atoms with van der Waals surface area (Å²) in [4.78, 5) is 24.3. The first kappa shape index (κ1) is 19.5. The van der Waals surface area contributed by atoms with Crippen molar-refractivity contribution in [3.63, 3.8) is 0 Å². The number of hydrogen-bond donors (Lipinski definition) is 2. The first-order valence-electron chi connectivity index (χ1n) is 9.17. The number of nitrogens with zero attached hydrogens (tertiary/aromatic N) is 4. The molecular weight excluding hydrogens is 364 g/mol. The third kappa shape index (κ3) is 5.89. The van der Waals surface area contributed by atoms with E-state index in [1.165, 1.54) is 11.8 Å². The van der Waals surface area contributed by atoms with Gasteiger partial charge in [-0.1, -0.05) is 17.7 Å². The zero-order valence-corrected chi connectivity index (χ0v) is 16.0. The summed E-state index contributed by atoms with van der Waals surface area (Å²) < 4.78 is 0. The van der Waals surface area contributed by atoms with Crippen LogP contribution in [0.15, 0.2) is 36.5 Å². The van der Waals surface area contributed by atoms with Gasteiger partial charge in [0.2, 0.25) is 0 Å². The van der Waals surface area contributed by atoms with Crippen molar-refractivity contribution in [3.8, 4) is 0 Å². The molecule has 1 fully saturated rings. The molecule has 1 amide bonds. The van der Waals surface area contributed by atoms with Crippen molar-refractivity contribution in [2.75, 3.05) is 44.2 Å². The lowest BCUT2D eigenvalue weighted by Crippen LogP contribution is -2.47. The summed E-state index contributed by atoms with van der Waals surface area (Å²) >= 11 is 6.08. The number of anilines is 1. The van der Waals surface area contributed by atoms with E-state index in [-0.39, 0.29) is 5.69 Å². The lowest BCUT2D eigenvalue weighted by atomic mass is 10.2. The molecule has 7 nitrogen and oxygen atoms in total. The molecule has 1 saturated heterocycles. The Bertz CT molecular complexity index is 763. The number of amides is 1. The van der Waals surface area contributed by atoms with Gasteiger partial charge in [0.15, 0.2) is 0 Å². The SMILES string of the molecule is NC(=O)c1ccnc(CNCCCN2CCN(c3cccc(Cl)c3)CC2)n1. The summed E-state index contributed by atoms with van der Waals surface area (Å²) in [5, 5.41) is 4.10. The van der Waals surface area contributed by atoms with Crippen LogP contribution in [0.4, 0.5) is 5.69 Å². The van der Waals surface area contributed by atoms with Crippen molar-refractivity contribution in [2.45, 2.75) is 13.0 Å². The zero-order valence-electron chi connectivity index (χ0n) is 15.3. The predicted octanol–water partition coefficient (Wildman–Crippen LogP) is 1.53. The lowest BCUT2D eigenvalue weighted by Gasteiger charge is -2.36. The fourth-order valence-electron chi connectivity index (χ4n) is 3.15. The summed E-state index contributed by atoms with van der Waals surface area (Å²) in [5.74, 6) is 0.0528. The molecule has 144 valence electrons. The molecule has 2 aromatic rings. The molecule has 1 aromatic heterocycles. The molecule has 0 bridgehead atoms. The number of hydrogen-bond acceptors (Lipinski definition) is 6. The van der Waals surface area contributed by atoms with Gasteiger partial charge in [-0.25, -0.2) is 9.97 Å². The van der Waals surface area contributed by atoms with Crippen LogP contribution in [0.5, 0.6) is 0 Å². The largest absolute Gasteiger partial charge is 0.369 e. The minimum absolute atomic E-state index is 0.249. The topological polar surface area (TPSA) is 87.4 Å². The number of halogens is 1. The highest BCUT2D eigenvalue weighted by molar-refractivity contribution is 6.30. The number of piperazine rings is 1. The van der Waals surface area contributed by atoms with E-state index in [9.17, 15) is 4.79 Å². The number of primary amides is 1. The third-order valence-electron chi connectivity index (χ3n) is 4.61. The van der Waals surface area contributed by atoms with Crippen LogP contribution in [0.2, 0.25) is 5.02 Å². The number of aromatic nitrogens is 2. The van der Waals surface area contributed by atoms with E-state index in [2.05, 4.69) is 31.2 Å². The number of rotatable bonds is 8. The Labute approximate surface area is 164 Å². The maximum absolute atomic E-state index is 11.1. The Morgan fingerprint density at radius 3 is 2.78 bits per heavy atom. The molecule has 0 aliphatic carbocycles. The minimum Gasteiger partial charge on any atom is -0.369 e. The Morgan fingerprint density at radius 2 is 2.04 bits per heavy atom. The molecule has 27 heavy (non-hydrogen) atoms. The zero-order chi connectivity index (χ0) is 19.1. The molecule has 1 aliphatic rings. The van der Waals surface area contributed by atoms with Crippen LogP contribution in [0.1, 0.15) is 22.7 Å². The molecular formula is C19H25ClN6O. The first-order valence-corrected chi connectivity index (χ1v) is 9.55. The summed E-state index contributed by atoms with van der Waals surface area (Å²) in [6.07, 6.45) is 2.61. The Kier molecular flexibility index (Phi) is 6.98. The molecule has 8 heteroatoms. The number of carbonyl (C=O) groups is 1. The van der Waals surface area contributed by atoms with Crippen LogP contribution in [-0.2, 0) is 6.54 Å². The van der Waals surface area contributed by atoms with Crippen molar-refractivity contribution < 1.29 is 4.79 Å².